The van der Waals surface area contributed by atoms with Crippen LogP contribution in [0.2, 0.25) is 0 Å². The van der Waals surface area contributed by atoms with E-state index in [4.69, 9.17) is 4.74 Å². The number of nitrogens with one attached hydrogen (secondary N) is 1. The number of aliphatic imine (C=N–C) groups is 1. The molecule has 0 aromatic carbocycles. The highest BCUT2D eigenvalue weighted by atomic mass is 16.5. The van der Waals surface area contributed by atoms with Gasteiger partial charge in [-0.15, -0.1) is 0 Å². The highest BCUT2D eigenvalue weighted by molar-refractivity contribution is 5.25. The van der Waals surface area contributed by atoms with E-state index in [0.29, 0.717) is 18.0 Å². The molecule has 2 aliphatic rings. The molecule has 5 nitrogen and oxygen atoms in total. The van der Waals surface area contributed by atoms with Crippen LogP contribution in [-0.2, 0) is 4.74 Å². The predicted octanol–water partition coefficient (Wildman–Crippen LogP) is 1.42. The van der Waals surface area contributed by atoms with Crippen LogP contribution in [0.1, 0.15) is 19.3 Å². The van der Waals surface area contributed by atoms with E-state index >= 15 is 0 Å². The summed E-state index contributed by atoms with van der Waals surface area (Å²) in [6, 6.07) is 1.24. The summed E-state index contributed by atoms with van der Waals surface area (Å²) in [5, 5.41) is 3.50. The Morgan fingerprint density at radius 2 is 2.23 bits per heavy atom. The number of hydrogen-bond acceptors (Lipinski definition) is 5. The third kappa shape index (κ3) is 4.54. The van der Waals surface area contributed by atoms with Crippen molar-refractivity contribution in [3.8, 4) is 0 Å². The zero-order valence-electron chi connectivity index (χ0n) is 14.4. The Hall–Kier alpha value is -0.910. The van der Waals surface area contributed by atoms with E-state index in [1.54, 1.807) is 6.20 Å². The molecule has 0 aromatic heterocycles. The predicted molar refractivity (Wildman–Crippen MR) is 92.2 cm³/mol. The van der Waals surface area contributed by atoms with Gasteiger partial charge in [0, 0.05) is 57.1 Å². The molecule has 0 amide bonds. The third-order valence-electron chi connectivity index (χ3n) is 5.22. The second-order valence-electron chi connectivity index (χ2n) is 6.79. The molecule has 2 fully saturated rings. The van der Waals surface area contributed by atoms with Gasteiger partial charge in [0.2, 0.25) is 0 Å². The van der Waals surface area contributed by atoms with Crippen LogP contribution in [0.5, 0.6) is 0 Å². The Balaban J connectivity index is 1.86. The van der Waals surface area contributed by atoms with Gasteiger partial charge in [0.15, 0.2) is 0 Å². The average Bonchev–Trinajstić information content (AvgIpc) is 2.53. The fraction of sp³-hybridized carbons (Fsp3) is 0.824. The molecule has 0 spiro atoms. The second-order valence-corrected chi connectivity index (χ2v) is 6.79. The van der Waals surface area contributed by atoms with Gasteiger partial charge in [-0.05, 0) is 46.0 Å². The SMILES string of the molecule is C=NC=CN(C)CC1CCC(C2COCCC2NC)N(C)C1. The molecule has 0 saturated carbocycles. The Labute approximate surface area is 135 Å². The fourth-order valence-electron chi connectivity index (χ4n) is 4.08. The minimum atomic E-state index is 0.599. The lowest BCUT2D eigenvalue weighted by molar-refractivity contribution is -0.0226. The largest absolute Gasteiger partial charge is 0.381 e. The van der Waals surface area contributed by atoms with E-state index < -0.39 is 0 Å². The number of piperidine rings is 1. The van der Waals surface area contributed by atoms with Crippen molar-refractivity contribution < 1.29 is 4.74 Å². The topological polar surface area (TPSA) is 40.1 Å². The highest BCUT2D eigenvalue weighted by Gasteiger charge is 2.37. The first-order valence-electron chi connectivity index (χ1n) is 8.43. The molecule has 2 heterocycles. The van der Waals surface area contributed by atoms with Gasteiger partial charge in [-0.1, -0.05) is 0 Å². The van der Waals surface area contributed by atoms with Crippen molar-refractivity contribution >= 4 is 6.72 Å². The molecule has 4 atom stereocenters. The first-order valence-corrected chi connectivity index (χ1v) is 8.43. The van der Waals surface area contributed by atoms with Gasteiger partial charge in [0.05, 0.1) is 6.61 Å². The third-order valence-corrected chi connectivity index (χ3v) is 5.22. The maximum atomic E-state index is 5.75. The van der Waals surface area contributed by atoms with Crippen molar-refractivity contribution in [2.45, 2.75) is 31.3 Å². The van der Waals surface area contributed by atoms with Crippen molar-refractivity contribution in [2.24, 2.45) is 16.8 Å². The van der Waals surface area contributed by atoms with E-state index in [9.17, 15) is 0 Å². The average molecular weight is 308 g/mol. The van der Waals surface area contributed by atoms with Crippen molar-refractivity contribution in [1.29, 1.82) is 0 Å². The smallest absolute Gasteiger partial charge is 0.0524 e. The minimum absolute atomic E-state index is 0.599. The fourth-order valence-corrected chi connectivity index (χ4v) is 4.08. The first-order chi connectivity index (χ1) is 10.7. The first kappa shape index (κ1) is 17.4. The molecule has 4 unspecified atom stereocenters. The molecule has 2 aliphatic heterocycles. The standard InChI is InChI=1S/C17H32N4O/c1-18-8-9-20(3)11-14-5-6-17(21(4)12-14)15-13-22-10-7-16(15)19-2/h8-9,14-17,19H,1,5-7,10-13H2,2-4H3. The zero-order chi connectivity index (χ0) is 15.9. The normalized spacial score (nSPS) is 34.0. The maximum Gasteiger partial charge on any atom is 0.0524 e. The van der Waals surface area contributed by atoms with Crippen molar-refractivity contribution in [3.05, 3.63) is 12.4 Å². The molecule has 126 valence electrons. The van der Waals surface area contributed by atoms with Crippen LogP contribution in [-0.4, -0.2) is 76.0 Å². The van der Waals surface area contributed by atoms with Gasteiger partial charge in [0.25, 0.3) is 0 Å². The van der Waals surface area contributed by atoms with E-state index in [1.807, 2.05) is 6.20 Å². The van der Waals surface area contributed by atoms with Crippen LogP contribution >= 0.6 is 0 Å². The number of likely N-dealkylation sites (tertiary alicyclic amines) is 1. The molecule has 0 bridgehead atoms. The second kappa shape index (κ2) is 8.65. The minimum Gasteiger partial charge on any atom is -0.381 e. The van der Waals surface area contributed by atoms with Gasteiger partial charge in [-0.2, -0.15) is 0 Å². The molecule has 5 heteroatoms. The van der Waals surface area contributed by atoms with E-state index in [2.05, 4.69) is 48.0 Å². The number of hydrogen-bond donors (Lipinski definition) is 1. The summed E-state index contributed by atoms with van der Waals surface area (Å²) >= 11 is 0. The van der Waals surface area contributed by atoms with Crippen LogP contribution in [0, 0.1) is 11.8 Å². The molecule has 22 heavy (non-hydrogen) atoms. The summed E-state index contributed by atoms with van der Waals surface area (Å²) in [5.74, 6) is 1.34. The molecule has 2 rings (SSSR count). The Kier molecular flexibility index (Phi) is 6.86. The number of rotatable bonds is 6. The summed E-state index contributed by atoms with van der Waals surface area (Å²) in [6.45, 7) is 7.53. The van der Waals surface area contributed by atoms with Crippen LogP contribution in [0.25, 0.3) is 0 Å². The summed E-state index contributed by atoms with van der Waals surface area (Å²) in [6.07, 6.45) is 7.46. The summed E-state index contributed by atoms with van der Waals surface area (Å²) in [5.41, 5.74) is 0. The summed E-state index contributed by atoms with van der Waals surface area (Å²) < 4.78 is 5.75. The molecular formula is C17H32N4O. The lowest BCUT2D eigenvalue weighted by atomic mass is 9.81. The lowest BCUT2D eigenvalue weighted by Crippen LogP contribution is -2.55. The van der Waals surface area contributed by atoms with Crippen LogP contribution in [0.3, 0.4) is 0 Å². The molecular weight excluding hydrogens is 276 g/mol. The van der Waals surface area contributed by atoms with Crippen molar-refractivity contribution in [1.82, 2.24) is 15.1 Å². The van der Waals surface area contributed by atoms with Gasteiger partial charge >= 0.3 is 0 Å². The molecule has 0 aliphatic carbocycles. The van der Waals surface area contributed by atoms with Gasteiger partial charge in [0.1, 0.15) is 0 Å². The lowest BCUT2D eigenvalue weighted by Gasteiger charge is -2.45. The Morgan fingerprint density at radius 1 is 1.41 bits per heavy atom. The number of ether oxygens (including phenoxy) is 1. The Bertz CT molecular complexity index is 374. The van der Waals surface area contributed by atoms with Gasteiger partial charge in [-0.25, -0.2) is 0 Å². The van der Waals surface area contributed by atoms with Crippen molar-refractivity contribution in [3.63, 3.8) is 0 Å². The van der Waals surface area contributed by atoms with Crippen LogP contribution in [0.15, 0.2) is 17.4 Å². The maximum absolute atomic E-state index is 5.75. The number of nitrogens with zero attached hydrogens (tertiary/aromatic N) is 3. The molecule has 0 aromatic rings. The van der Waals surface area contributed by atoms with E-state index in [0.717, 1.165) is 38.6 Å². The molecule has 1 N–H and O–H groups in total. The van der Waals surface area contributed by atoms with Crippen molar-refractivity contribution in [2.75, 3.05) is 47.4 Å². The summed E-state index contributed by atoms with van der Waals surface area (Å²) in [7, 11) is 6.47. The summed E-state index contributed by atoms with van der Waals surface area (Å²) in [4.78, 5) is 8.54. The molecule has 0 radical (unpaired) electrons. The Morgan fingerprint density at radius 3 is 2.91 bits per heavy atom. The van der Waals surface area contributed by atoms with E-state index in [-0.39, 0.29) is 0 Å². The van der Waals surface area contributed by atoms with Gasteiger partial charge in [-0.3, -0.25) is 4.99 Å². The molecule has 2 saturated heterocycles. The monoisotopic (exact) mass is 308 g/mol. The van der Waals surface area contributed by atoms with Crippen LogP contribution < -0.4 is 5.32 Å². The van der Waals surface area contributed by atoms with Gasteiger partial charge < -0.3 is 19.9 Å². The highest BCUT2D eigenvalue weighted by Crippen LogP contribution is 2.30. The quantitative estimate of drug-likeness (QED) is 0.754. The zero-order valence-corrected chi connectivity index (χ0v) is 14.4. The van der Waals surface area contributed by atoms with E-state index in [1.165, 1.54) is 12.8 Å². The van der Waals surface area contributed by atoms with Crippen LogP contribution in [0.4, 0.5) is 0 Å².